The van der Waals surface area contributed by atoms with Crippen LogP contribution in [0.25, 0.3) is 6.08 Å². The normalized spacial score (nSPS) is 10.9. The average molecular weight is 483 g/mol. The van der Waals surface area contributed by atoms with Crippen LogP contribution in [-0.2, 0) is 4.79 Å². The molecule has 9 heteroatoms. The van der Waals surface area contributed by atoms with E-state index in [4.69, 9.17) is 4.74 Å². The van der Waals surface area contributed by atoms with Crippen LogP contribution in [0.1, 0.15) is 15.9 Å². The summed E-state index contributed by atoms with van der Waals surface area (Å²) in [7, 11) is 0. The molecule has 2 N–H and O–H groups in total. The molecule has 0 aliphatic carbocycles. The van der Waals surface area contributed by atoms with Crippen LogP contribution in [0.5, 0.6) is 11.5 Å². The maximum absolute atomic E-state index is 12.4. The zero-order chi connectivity index (χ0) is 22.4. The Morgan fingerprint density at radius 2 is 1.74 bits per heavy atom. The van der Waals surface area contributed by atoms with E-state index in [0.29, 0.717) is 17.1 Å². The number of amides is 1. The molecule has 0 fully saturated rings. The molecular weight excluding hydrogens is 468 g/mol. The number of para-hydroxylation sites is 1. The van der Waals surface area contributed by atoms with Crippen molar-refractivity contribution in [3.05, 3.63) is 104 Å². The lowest BCUT2D eigenvalue weighted by molar-refractivity contribution is -0.384. The monoisotopic (exact) mass is 482 g/mol. The summed E-state index contributed by atoms with van der Waals surface area (Å²) in [6.07, 6.45) is 1.28. The summed E-state index contributed by atoms with van der Waals surface area (Å²) in [6.45, 7) is 0. The van der Waals surface area contributed by atoms with Crippen molar-refractivity contribution in [3.63, 3.8) is 0 Å². The zero-order valence-electron chi connectivity index (χ0n) is 15.8. The van der Waals surface area contributed by atoms with Crippen LogP contribution in [0.15, 0.2) is 83.0 Å². The van der Waals surface area contributed by atoms with Crippen molar-refractivity contribution in [2.75, 3.05) is 0 Å². The van der Waals surface area contributed by atoms with Crippen molar-refractivity contribution >= 4 is 39.6 Å². The highest BCUT2D eigenvalue weighted by molar-refractivity contribution is 9.10. The summed E-state index contributed by atoms with van der Waals surface area (Å²) in [4.78, 5) is 34.1. The molecule has 0 aromatic heterocycles. The second-order valence-electron chi connectivity index (χ2n) is 6.23. The van der Waals surface area contributed by atoms with Gasteiger partial charge in [-0.3, -0.25) is 14.9 Å². The second-order valence-corrected chi connectivity index (χ2v) is 7.08. The molecule has 156 valence electrons. The Morgan fingerprint density at radius 1 is 1.03 bits per heavy atom. The minimum absolute atomic E-state index is 0.0291. The van der Waals surface area contributed by atoms with E-state index in [1.54, 1.807) is 30.3 Å². The fourth-order valence-electron chi connectivity index (χ4n) is 2.56. The number of nitro groups is 1. The van der Waals surface area contributed by atoms with Crippen LogP contribution < -0.4 is 10.1 Å². The molecule has 0 heterocycles. The molecule has 0 saturated heterocycles. The number of nitrogens with zero attached hydrogens (tertiary/aromatic N) is 1. The van der Waals surface area contributed by atoms with E-state index in [0.717, 1.165) is 10.5 Å². The number of carbonyl (C=O) groups excluding carboxylic acids is 1. The van der Waals surface area contributed by atoms with Crippen LogP contribution in [0, 0.1) is 10.1 Å². The number of carboxylic acids is 1. The molecule has 0 saturated carbocycles. The van der Waals surface area contributed by atoms with Gasteiger partial charge in [0.25, 0.3) is 11.6 Å². The lowest BCUT2D eigenvalue weighted by atomic mass is 10.1. The molecule has 31 heavy (non-hydrogen) atoms. The highest BCUT2D eigenvalue weighted by Crippen LogP contribution is 2.29. The third kappa shape index (κ3) is 5.77. The predicted octanol–water partition coefficient (Wildman–Crippen LogP) is 5.01. The maximum Gasteiger partial charge on any atom is 0.352 e. The van der Waals surface area contributed by atoms with E-state index in [1.807, 2.05) is 18.2 Å². The molecule has 1 amide bonds. The van der Waals surface area contributed by atoms with E-state index >= 15 is 0 Å². The topological polar surface area (TPSA) is 119 Å². The SMILES string of the molecule is O=C(O)C(=Cc1ccc(Oc2ccccc2Br)cc1)NC(=O)c1cccc([N+](=O)[O-])c1. The Morgan fingerprint density at radius 3 is 2.39 bits per heavy atom. The Bertz CT molecular complexity index is 1170. The summed E-state index contributed by atoms with van der Waals surface area (Å²) in [5.74, 6) is -0.957. The highest BCUT2D eigenvalue weighted by atomic mass is 79.9. The number of nitrogens with one attached hydrogen (secondary N) is 1. The van der Waals surface area contributed by atoms with Crippen LogP contribution in [0.3, 0.4) is 0 Å². The van der Waals surface area contributed by atoms with E-state index in [9.17, 15) is 24.8 Å². The van der Waals surface area contributed by atoms with Gasteiger partial charge in [0.1, 0.15) is 17.2 Å². The molecule has 0 bridgehead atoms. The van der Waals surface area contributed by atoms with Crippen molar-refractivity contribution in [2.45, 2.75) is 0 Å². The smallest absolute Gasteiger partial charge is 0.352 e. The number of nitro benzene ring substituents is 1. The molecule has 8 nitrogen and oxygen atoms in total. The van der Waals surface area contributed by atoms with Crippen molar-refractivity contribution in [2.24, 2.45) is 0 Å². The number of benzene rings is 3. The van der Waals surface area contributed by atoms with Gasteiger partial charge in [-0.25, -0.2) is 4.79 Å². The minimum atomic E-state index is -1.35. The van der Waals surface area contributed by atoms with Crippen molar-refractivity contribution in [1.29, 1.82) is 0 Å². The number of hydrogen-bond acceptors (Lipinski definition) is 5. The first kappa shape index (κ1) is 21.7. The van der Waals surface area contributed by atoms with E-state index in [-0.39, 0.29) is 16.9 Å². The van der Waals surface area contributed by atoms with Gasteiger partial charge in [-0.15, -0.1) is 0 Å². The van der Waals surface area contributed by atoms with Gasteiger partial charge >= 0.3 is 5.97 Å². The minimum Gasteiger partial charge on any atom is -0.477 e. The van der Waals surface area contributed by atoms with Gasteiger partial charge in [-0.2, -0.15) is 0 Å². The number of carboxylic acid groups (broad SMARTS) is 1. The number of rotatable bonds is 7. The fraction of sp³-hybridized carbons (Fsp3) is 0. The standard InChI is InChI=1S/C22H15BrN2O6/c23-18-6-1-2-7-20(18)31-17-10-8-14(9-11-17)12-19(22(27)28)24-21(26)15-4-3-5-16(13-15)25(29)30/h1-13H,(H,24,26)(H,27,28). The van der Waals surface area contributed by atoms with Crippen LogP contribution in [0.2, 0.25) is 0 Å². The molecule has 0 aliphatic heterocycles. The summed E-state index contributed by atoms with van der Waals surface area (Å²) < 4.78 is 6.55. The van der Waals surface area contributed by atoms with Gasteiger partial charge in [0.15, 0.2) is 0 Å². The van der Waals surface area contributed by atoms with E-state index in [2.05, 4.69) is 21.2 Å². The third-order valence-electron chi connectivity index (χ3n) is 4.05. The van der Waals surface area contributed by atoms with Crippen molar-refractivity contribution < 1.29 is 24.4 Å². The molecule has 3 rings (SSSR count). The Kier molecular flexibility index (Phi) is 6.78. The summed E-state index contributed by atoms with van der Waals surface area (Å²) in [5.41, 5.74) is -0.167. The van der Waals surface area contributed by atoms with Gasteiger partial charge in [-0.05, 0) is 57.9 Å². The molecular formula is C22H15BrN2O6. The molecule has 3 aromatic rings. The second kappa shape index (κ2) is 9.68. The molecule has 3 aromatic carbocycles. The van der Waals surface area contributed by atoms with Gasteiger partial charge in [-0.1, -0.05) is 30.3 Å². The lowest BCUT2D eigenvalue weighted by Crippen LogP contribution is -2.27. The number of ether oxygens (including phenoxy) is 1. The van der Waals surface area contributed by atoms with Crippen molar-refractivity contribution in [3.8, 4) is 11.5 Å². The van der Waals surface area contributed by atoms with E-state index < -0.39 is 16.8 Å². The van der Waals surface area contributed by atoms with Crippen LogP contribution in [0.4, 0.5) is 5.69 Å². The summed E-state index contributed by atoms with van der Waals surface area (Å²) >= 11 is 3.39. The number of carbonyl (C=O) groups is 2. The average Bonchev–Trinajstić information content (AvgIpc) is 2.76. The number of hydrogen-bond donors (Lipinski definition) is 2. The Hall–Kier alpha value is -3.98. The number of non-ortho nitro benzene ring substituents is 1. The molecule has 0 aliphatic rings. The Balaban J connectivity index is 1.76. The van der Waals surface area contributed by atoms with E-state index in [1.165, 1.54) is 24.3 Å². The molecule has 0 unspecified atom stereocenters. The van der Waals surface area contributed by atoms with Crippen LogP contribution >= 0.6 is 15.9 Å². The zero-order valence-corrected chi connectivity index (χ0v) is 17.4. The third-order valence-corrected chi connectivity index (χ3v) is 4.71. The van der Waals surface area contributed by atoms with Gasteiger partial charge in [0.05, 0.1) is 9.40 Å². The van der Waals surface area contributed by atoms with Crippen molar-refractivity contribution in [1.82, 2.24) is 5.32 Å². The highest BCUT2D eigenvalue weighted by Gasteiger charge is 2.16. The summed E-state index contributed by atoms with van der Waals surface area (Å²) in [6, 6.07) is 18.9. The fourth-order valence-corrected chi connectivity index (χ4v) is 2.93. The molecule has 0 radical (unpaired) electrons. The number of halogens is 1. The quantitative estimate of drug-likeness (QED) is 0.277. The first-order valence-corrected chi connectivity index (χ1v) is 9.66. The molecule has 0 atom stereocenters. The largest absolute Gasteiger partial charge is 0.477 e. The predicted molar refractivity (Wildman–Crippen MR) is 117 cm³/mol. The van der Waals surface area contributed by atoms with Gasteiger partial charge in [0.2, 0.25) is 0 Å². The Labute approximate surface area is 185 Å². The number of aliphatic carboxylic acids is 1. The van der Waals surface area contributed by atoms with Crippen LogP contribution in [-0.4, -0.2) is 21.9 Å². The first-order chi connectivity index (χ1) is 14.8. The maximum atomic E-state index is 12.4. The molecule has 0 spiro atoms. The van der Waals surface area contributed by atoms with Gasteiger partial charge in [0, 0.05) is 17.7 Å². The first-order valence-electron chi connectivity index (χ1n) is 8.87. The lowest BCUT2D eigenvalue weighted by Gasteiger charge is -2.08. The van der Waals surface area contributed by atoms with Gasteiger partial charge < -0.3 is 15.2 Å². The summed E-state index contributed by atoms with van der Waals surface area (Å²) in [5, 5.41) is 22.6.